The fourth-order valence-electron chi connectivity index (χ4n) is 1.77. The number of carboxylic acid groups (broad SMARTS) is 1. The largest absolute Gasteiger partial charge is 0.481 e. The number of hydrogen-bond acceptors (Lipinski definition) is 2. The van der Waals surface area contributed by atoms with E-state index in [1.807, 2.05) is 0 Å². The molecule has 58 valence electrons. The summed E-state index contributed by atoms with van der Waals surface area (Å²) in [7, 11) is 0. The Labute approximate surface area is 60.2 Å². The smallest absolute Gasteiger partial charge is 0.305 e. The van der Waals surface area contributed by atoms with Crippen LogP contribution in [-0.4, -0.2) is 16.6 Å². The summed E-state index contributed by atoms with van der Waals surface area (Å²) in [5.74, 6) is -0.168. The Morgan fingerprint density at radius 1 is 1.80 bits per heavy atom. The van der Waals surface area contributed by atoms with Crippen LogP contribution in [0.3, 0.4) is 0 Å². The van der Waals surface area contributed by atoms with Gasteiger partial charge in [0, 0.05) is 5.54 Å². The molecule has 1 rings (SSSR count). The van der Waals surface area contributed by atoms with Crippen molar-refractivity contribution < 1.29 is 9.90 Å². The van der Waals surface area contributed by atoms with Crippen LogP contribution in [0.5, 0.6) is 0 Å². The van der Waals surface area contributed by atoms with Gasteiger partial charge in [-0.15, -0.1) is 0 Å². The molecular weight excluding hydrogens is 130 g/mol. The van der Waals surface area contributed by atoms with E-state index >= 15 is 0 Å². The Bertz CT molecular complexity index is 150. The van der Waals surface area contributed by atoms with Crippen LogP contribution >= 0.6 is 0 Å². The average molecular weight is 143 g/mol. The van der Waals surface area contributed by atoms with Gasteiger partial charge >= 0.3 is 5.97 Å². The lowest BCUT2D eigenvalue weighted by Crippen LogP contribution is -2.52. The van der Waals surface area contributed by atoms with Gasteiger partial charge in [-0.25, -0.2) is 0 Å². The fourth-order valence-corrected chi connectivity index (χ4v) is 1.77. The maximum Gasteiger partial charge on any atom is 0.305 e. The second-order valence-electron chi connectivity index (χ2n) is 3.45. The molecule has 0 heterocycles. The third-order valence-electron chi connectivity index (χ3n) is 2.01. The molecule has 3 heteroatoms. The minimum Gasteiger partial charge on any atom is -0.481 e. The molecule has 0 aromatic carbocycles. The van der Waals surface area contributed by atoms with Crippen molar-refractivity contribution in [2.75, 3.05) is 0 Å². The molecule has 1 saturated carbocycles. The van der Waals surface area contributed by atoms with E-state index in [-0.39, 0.29) is 12.0 Å². The molecule has 0 aromatic heterocycles. The van der Waals surface area contributed by atoms with E-state index in [0.29, 0.717) is 5.92 Å². The van der Waals surface area contributed by atoms with Gasteiger partial charge in [0.2, 0.25) is 0 Å². The molecule has 0 radical (unpaired) electrons. The highest BCUT2D eigenvalue weighted by Crippen LogP contribution is 2.37. The maximum atomic E-state index is 10.2. The summed E-state index contributed by atoms with van der Waals surface area (Å²) >= 11 is 0. The third kappa shape index (κ3) is 1.48. The van der Waals surface area contributed by atoms with Crippen molar-refractivity contribution in [1.29, 1.82) is 0 Å². The molecule has 0 aliphatic heterocycles. The molecule has 0 bridgehead atoms. The maximum absolute atomic E-state index is 10.2. The van der Waals surface area contributed by atoms with Crippen molar-refractivity contribution >= 4 is 5.97 Å². The number of aliphatic carboxylic acids is 1. The van der Waals surface area contributed by atoms with E-state index in [1.165, 1.54) is 0 Å². The molecule has 0 atom stereocenters. The average Bonchev–Trinajstić information content (AvgIpc) is 1.57. The molecule has 10 heavy (non-hydrogen) atoms. The number of rotatable bonds is 2. The standard InChI is InChI=1S/C7H13NO2/c1-5-2-7(8,3-5)4-6(9)10/h5H,2-4,8H2,1H3,(H,9,10). The summed E-state index contributed by atoms with van der Waals surface area (Å²) in [6.45, 7) is 2.09. The van der Waals surface area contributed by atoms with Crippen molar-refractivity contribution in [3.8, 4) is 0 Å². The molecule has 1 aliphatic rings. The van der Waals surface area contributed by atoms with Gasteiger partial charge in [0.25, 0.3) is 0 Å². The molecule has 0 saturated heterocycles. The van der Waals surface area contributed by atoms with Crippen LogP contribution in [0.4, 0.5) is 0 Å². The zero-order valence-electron chi connectivity index (χ0n) is 6.13. The highest BCUT2D eigenvalue weighted by atomic mass is 16.4. The van der Waals surface area contributed by atoms with Gasteiger partial charge in [-0.05, 0) is 18.8 Å². The van der Waals surface area contributed by atoms with Gasteiger partial charge in [-0.1, -0.05) is 6.92 Å². The summed E-state index contributed by atoms with van der Waals surface area (Å²) in [6.07, 6.45) is 1.84. The second-order valence-corrected chi connectivity index (χ2v) is 3.45. The first-order valence-electron chi connectivity index (χ1n) is 3.52. The summed E-state index contributed by atoms with van der Waals surface area (Å²) in [4.78, 5) is 10.2. The first-order chi connectivity index (χ1) is 4.52. The quantitative estimate of drug-likeness (QED) is 0.594. The lowest BCUT2D eigenvalue weighted by Gasteiger charge is -2.42. The summed E-state index contributed by atoms with van der Waals surface area (Å²) < 4.78 is 0. The molecule has 0 spiro atoms. The van der Waals surface area contributed by atoms with Gasteiger partial charge in [0.05, 0.1) is 6.42 Å². The van der Waals surface area contributed by atoms with Crippen LogP contribution in [0.2, 0.25) is 0 Å². The van der Waals surface area contributed by atoms with E-state index < -0.39 is 5.97 Å². The number of hydrogen-bond donors (Lipinski definition) is 2. The van der Waals surface area contributed by atoms with Gasteiger partial charge in [0.15, 0.2) is 0 Å². The van der Waals surface area contributed by atoms with E-state index in [1.54, 1.807) is 0 Å². The Morgan fingerprint density at radius 2 is 2.30 bits per heavy atom. The van der Waals surface area contributed by atoms with Crippen molar-refractivity contribution in [3.63, 3.8) is 0 Å². The SMILES string of the molecule is CC1CC(N)(CC(=O)O)C1. The zero-order chi connectivity index (χ0) is 7.78. The normalized spacial score (nSPS) is 38.8. The molecule has 3 nitrogen and oxygen atoms in total. The third-order valence-corrected chi connectivity index (χ3v) is 2.01. The Morgan fingerprint density at radius 3 is 2.60 bits per heavy atom. The summed E-state index contributed by atoms with van der Waals surface area (Å²) in [5.41, 5.74) is 5.33. The molecule has 3 N–H and O–H groups in total. The lowest BCUT2D eigenvalue weighted by atomic mass is 9.68. The Balaban J connectivity index is 2.34. The van der Waals surface area contributed by atoms with Crippen molar-refractivity contribution in [3.05, 3.63) is 0 Å². The second kappa shape index (κ2) is 2.23. The van der Waals surface area contributed by atoms with Crippen LogP contribution in [0.1, 0.15) is 26.2 Å². The van der Waals surface area contributed by atoms with E-state index in [0.717, 1.165) is 12.8 Å². The molecule has 0 unspecified atom stereocenters. The van der Waals surface area contributed by atoms with Crippen molar-refractivity contribution in [1.82, 2.24) is 0 Å². The van der Waals surface area contributed by atoms with Crippen LogP contribution < -0.4 is 5.73 Å². The van der Waals surface area contributed by atoms with Crippen LogP contribution in [0, 0.1) is 5.92 Å². The fraction of sp³-hybridized carbons (Fsp3) is 0.857. The predicted molar refractivity (Wildman–Crippen MR) is 37.6 cm³/mol. The molecule has 0 aromatic rings. The van der Waals surface area contributed by atoms with Crippen LogP contribution in [0.25, 0.3) is 0 Å². The van der Waals surface area contributed by atoms with Gasteiger partial charge in [-0.2, -0.15) is 0 Å². The molecular formula is C7H13NO2. The van der Waals surface area contributed by atoms with Crippen LogP contribution in [-0.2, 0) is 4.79 Å². The van der Waals surface area contributed by atoms with Gasteiger partial charge in [-0.3, -0.25) is 4.79 Å². The Hall–Kier alpha value is -0.570. The number of nitrogens with two attached hydrogens (primary N) is 1. The number of carboxylic acids is 1. The topological polar surface area (TPSA) is 63.3 Å². The van der Waals surface area contributed by atoms with E-state index in [2.05, 4.69) is 6.92 Å². The lowest BCUT2D eigenvalue weighted by molar-refractivity contribution is -0.139. The Kier molecular flexibility index (Phi) is 1.68. The van der Waals surface area contributed by atoms with E-state index in [4.69, 9.17) is 10.8 Å². The van der Waals surface area contributed by atoms with Crippen molar-refractivity contribution in [2.24, 2.45) is 11.7 Å². The molecule has 1 fully saturated rings. The first kappa shape index (κ1) is 7.54. The molecule has 1 aliphatic carbocycles. The highest BCUT2D eigenvalue weighted by Gasteiger charge is 2.39. The highest BCUT2D eigenvalue weighted by molar-refractivity contribution is 5.68. The van der Waals surface area contributed by atoms with Gasteiger partial charge in [0.1, 0.15) is 0 Å². The summed E-state index contributed by atoms with van der Waals surface area (Å²) in [5, 5.41) is 8.42. The zero-order valence-corrected chi connectivity index (χ0v) is 6.13. The van der Waals surface area contributed by atoms with Gasteiger partial charge < -0.3 is 10.8 Å². The monoisotopic (exact) mass is 143 g/mol. The van der Waals surface area contributed by atoms with Crippen molar-refractivity contribution in [2.45, 2.75) is 31.7 Å². The first-order valence-corrected chi connectivity index (χ1v) is 3.52. The molecule has 0 amide bonds. The van der Waals surface area contributed by atoms with Crippen LogP contribution in [0.15, 0.2) is 0 Å². The summed E-state index contributed by atoms with van der Waals surface area (Å²) in [6, 6.07) is 0. The predicted octanol–water partition coefficient (Wildman–Crippen LogP) is 0.588. The minimum atomic E-state index is -0.783. The van der Waals surface area contributed by atoms with E-state index in [9.17, 15) is 4.79 Å². The minimum absolute atomic E-state index is 0.122. The number of carbonyl (C=O) groups is 1.